The van der Waals surface area contributed by atoms with E-state index in [9.17, 15) is 24.8 Å². The number of rotatable bonds is 7. The number of aliphatic carboxylic acids is 1. The first kappa shape index (κ1) is 22.5. The normalized spacial score (nSPS) is 13.0. The molecule has 1 unspecified atom stereocenters. The standard InChI is InChI=1S/C24H19BrN2O6/c25-22-14(6-5-11-21(22)27(31)32)12-20(23(28)29)26-24(30)33-13-19-17-9-3-1-7-15(17)16-8-2-4-10-18(16)19/h1-11,19-20H,12-13H2,(H,26,30)(H,28,29). The molecule has 0 aromatic heterocycles. The van der Waals surface area contributed by atoms with Crippen LogP contribution in [0.25, 0.3) is 11.1 Å². The lowest BCUT2D eigenvalue weighted by Crippen LogP contribution is -2.43. The summed E-state index contributed by atoms with van der Waals surface area (Å²) in [5.41, 5.74) is 4.46. The van der Waals surface area contributed by atoms with Gasteiger partial charge < -0.3 is 15.2 Å². The van der Waals surface area contributed by atoms with Crippen molar-refractivity contribution in [1.29, 1.82) is 0 Å². The Morgan fingerprint density at radius 2 is 1.64 bits per heavy atom. The van der Waals surface area contributed by atoms with Gasteiger partial charge in [0.25, 0.3) is 5.69 Å². The third kappa shape index (κ3) is 4.58. The van der Waals surface area contributed by atoms with E-state index in [4.69, 9.17) is 4.74 Å². The van der Waals surface area contributed by atoms with Gasteiger partial charge in [-0.2, -0.15) is 0 Å². The van der Waals surface area contributed by atoms with E-state index in [1.54, 1.807) is 6.07 Å². The van der Waals surface area contributed by atoms with E-state index in [1.807, 2.05) is 48.5 Å². The lowest BCUT2D eigenvalue weighted by Gasteiger charge is -2.18. The summed E-state index contributed by atoms with van der Waals surface area (Å²) in [5, 5.41) is 23.1. The quantitative estimate of drug-likeness (QED) is 0.345. The first-order valence-corrected chi connectivity index (χ1v) is 10.9. The Bertz CT molecular complexity index is 1200. The molecule has 1 aliphatic carbocycles. The number of carboxylic acid groups (broad SMARTS) is 1. The molecule has 1 amide bonds. The summed E-state index contributed by atoms with van der Waals surface area (Å²) in [7, 11) is 0. The summed E-state index contributed by atoms with van der Waals surface area (Å²) in [6.07, 6.45) is -1.02. The molecule has 3 aromatic rings. The molecule has 1 atom stereocenters. The number of alkyl carbamates (subject to hydrolysis) is 1. The SMILES string of the molecule is O=C(NC(Cc1cccc([N+](=O)[O-])c1Br)C(=O)O)OCC1c2ccccc2-c2ccccc21. The summed E-state index contributed by atoms with van der Waals surface area (Å²) >= 11 is 3.15. The second kappa shape index (κ2) is 9.41. The number of hydrogen-bond donors (Lipinski definition) is 2. The maximum Gasteiger partial charge on any atom is 0.407 e. The van der Waals surface area contributed by atoms with Crippen molar-refractivity contribution in [2.75, 3.05) is 6.61 Å². The Morgan fingerprint density at radius 1 is 1.03 bits per heavy atom. The summed E-state index contributed by atoms with van der Waals surface area (Å²) in [6.45, 7) is 0.0483. The zero-order valence-corrected chi connectivity index (χ0v) is 18.8. The van der Waals surface area contributed by atoms with Gasteiger partial charge in [-0.1, -0.05) is 60.7 Å². The molecule has 0 heterocycles. The van der Waals surface area contributed by atoms with Crippen LogP contribution in [0.15, 0.2) is 71.2 Å². The number of nitro benzene ring substituents is 1. The Balaban J connectivity index is 1.45. The molecule has 168 valence electrons. The van der Waals surface area contributed by atoms with E-state index in [2.05, 4.69) is 21.2 Å². The van der Waals surface area contributed by atoms with Crippen LogP contribution in [-0.2, 0) is 16.0 Å². The minimum absolute atomic E-state index is 0.0483. The average molecular weight is 511 g/mol. The molecule has 33 heavy (non-hydrogen) atoms. The molecule has 0 bridgehead atoms. The fourth-order valence-corrected chi connectivity index (χ4v) is 4.64. The Morgan fingerprint density at radius 3 is 2.21 bits per heavy atom. The highest BCUT2D eigenvalue weighted by Gasteiger charge is 2.30. The Hall–Kier alpha value is -3.72. The van der Waals surface area contributed by atoms with Crippen molar-refractivity contribution in [3.05, 3.63) is 98.0 Å². The van der Waals surface area contributed by atoms with Crippen LogP contribution in [0.3, 0.4) is 0 Å². The number of hydrogen-bond acceptors (Lipinski definition) is 5. The highest BCUT2D eigenvalue weighted by molar-refractivity contribution is 9.10. The van der Waals surface area contributed by atoms with Gasteiger partial charge in [0.1, 0.15) is 12.6 Å². The number of carbonyl (C=O) groups is 2. The fraction of sp³-hybridized carbons (Fsp3) is 0.167. The highest BCUT2D eigenvalue weighted by Crippen LogP contribution is 2.44. The molecule has 1 aliphatic rings. The highest BCUT2D eigenvalue weighted by atomic mass is 79.9. The number of nitrogens with one attached hydrogen (secondary N) is 1. The molecule has 0 aliphatic heterocycles. The molecule has 8 nitrogen and oxygen atoms in total. The molecule has 0 radical (unpaired) electrons. The van der Waals surface area contributed by atoms with Crippen molar-refractivity contribution in [3.63, 3.8) is 0 Å². The number of benzene rings is 3. The van der Waals surface area contributed by atoms with Crippen molar-refractivity contribution in [1.82, 2.24) is 5.32 Å². The Labute approximate surface area is 197 Å². The number of halogens is 1. The number of fused-ring (bicyclic) bond motifs is 3. The molecule has 0 saturated heterocycles. The lowest BCUT2D eigenvalue weighted by atomic mass is 9.98. The second-order valence-electron chi connectivity index (χ2n) is 7.57. The van der Waals surface area contributed by atoms with Crippen LogP contribution in [0.1, 0.15) is 22.6 Å². The van der Waals surface area contributed by atoms with E-state index < -0.39 is 23.0 Å². The van der Waals surface area contributed by atoms with Crippen LogP contribution >= 0.6 is 15.9 Å². The number of carbonyl (C=O) groups excluding carboxylic acids is 1. The van der Waals surface area contributed by atoms with Crippen LogP contribution in [0.5, 0.6) is 0 Å². The monoisotopic (exact) mass is 510 g/mol. The van der Waals surface area contributed by atoms with Gasteiger partial charge in [0.05, 0.1) is 9.40 Å². The van der Waals surface area contributed by atoms with Gasteiger partial charge in [0, 0.05) is 18.4 Å². The minimum atomic E-state index is -1.32. The summed E-state index contributed by atoms with van der Waals surface area (Å²) in [4.78, 5) is 34.8. The smallest absolute Gasteiger partial charge is 0.407 e. The predicted octanol–water partition coefficient (Wildman–Crippen LogP) is 4.89. The third-order valence-corrected chi connectivity index (χ3v) is 6.53. The fourth-order valence-electron chi connectivity index (χ4n) is 4.07. The molecular formula is C24H19BrN2O6. The predicted molar refractivity (Wildman–Crippen MR) is 124 cm³/mol. The van der Waals surface area contributed by atoms with Gasteiger partial charge in [-0.15, -0.1) is 0 Å². The molecule has 0 fully saturated rings. The number of nitrogens with zero attached hydrogens (tertiary/aromatic N) is 1. The van der Waals surface area contributed by atoms with Crippen LogP contribution in [0.2, 0.25) is 0 Å². The van der Waals surface area contributed by atoms with E-state index in [0.717, 1.165) is 22.3 Å². The molecular weight excluding hydrogens is 492 g/mol. The third-order valence-electron chi connectivity index (χ3n) is 5.61. The molecule has 0 saturated carbocycles. The van der Waals surface area contributed by atoms with Crippen molar-refractivity contribution >= 4 is 33.7 Å². The largest absolute Gasteiger partial charge is 0.480 e. The number of ether oxygens (including phenoxy) is 1. The van der Waals surface area contributed by atoms with Gasteiger partial charge >= 0.3 is 12.1 Å². The first-order valence-electron chi connectivity index (χ1n) is 10.1. The number of amides is 1. The van der Waals surface area contributed by atoms with E-state index in [1.165, 1.54) is 12.1 Å². The van der Waals surface area contributed by atoms with Gasteiger partial charge in [-0.3, -0.25) is 10.1 Å². The summed E-state index contributed by atoms with van der Waals surface area (Å²) in [5.74, 6) is -1.43. The van der Waals surface area contributed by atoms with Crippen molar-refractivity contribution in [3.8, 4) is 11.1 Å². The number of nitro groups is 1. The van der Waals surface area contributed by atoms with Crippen LogP contribution in [-0.4, -0.2) is 34.7 Å². The number of carboxylic acids is 1. The van der Waals surface area contributed by atoms with Gasteiger partial charge in [-0.05, 0) is 43.7 Å². The van der Waals surface area contributed by atoms with Gasteiger partial charge in [0.2, 0.25) is 0 Å². The molecule has 3 aromatic carbocycles. The van der Waals surface area contributed by atoms with Crippen molar-refractivity contribution < 1.29 is 24.4 Å². The maximum absolute atomic E-state index is 12.5. The van der Waals surface area contributed by atoms with E-state index >= 15 is 0 Å². The minimum Gasteiger partial charge on any atom is -0.480 e. The van der Waals surface area contributed by atoms with Gasteiger partial charge in [0.15, 0.2) is 0 Å². The Kier molecular flexibility index (Phi) is 6.41. The lowest BCUT2D eigenvalue weighted by molar-refractivity contribution is -0.385. The molecule has 2 N–H and O–H groups in total. The van der Waals surface area contributed by atoms with Crippen LogP contribution < -0.4 is 5.32 Å². The van der Waals surface area contributed by atoms with Crippen LogP contribution in [0, 0.1) is 10.1 Å². The summed E-state index contributed by atoms with van der Waals surface area (Å²) < 4.78 is 5.59. The first-order chi connectivity index (χ1) is 15.9. The molecule has 9 heteroatoms. The van der Waals surface area contributed by atoms with Crippen molar-refractivity contribution in [2.45, 2.75) is 18.4 Å². The van der Waals surface area contributed by atoms with Crippen molar-refractivity contribution in [2.24, 2.45) is 0 Å². The maximum atomic E-state index is 12.5. The van der Waals surface area contributed by atoms with Crippen LogP contribution in [0.4, 0.5) is 10.5 Å². The second-order valence-corrected chi connectivity index (χ2v) is 8.37. The topological polar surface area (TPSA) is 119 Å². The zero-order valence-electron chi connectivity index (χ0n) is 17.2. The average Bonchev–Trinajstić information content (AvgIpc) is 3.12. The van der Waals surface area contributed by atoms with E-state index in [0.29, 0.717) is 5.56 Å². The molecule has 0 spiro atoms. The molecule has 4 rings (SSSR count). The summed E-state index contributed by atoms with van der Waals surface area (Å²) in [6, 6.07) is 18.8. The zero-order chi connectivity index (χ0) is 23.5. The van der Waals surface area contributed by atoms with Gasteiger partial charge in [-0.25, -0.2) is 9.59 Å². The van der Waals surface area contributed by atoms with E-state index in [-0.39, 0.29) is 29.1 Å².